The summed E-state index contributed by atoms with van der Waals surface area (Å²) in [6.45, 7) is 0. The van der Waals surface area contributed by atoms with Crippen molar-refractivity contribution in [1.29, 1.82) is 0 Å². The SMILES string of the molecule is FC(F)/C(Cl)=N/C(c1ccccc1)(c1ccccc1)c1ccccc1. The van der Waals surface area contributed by atoms with Crippen molar-refractivity contribution in [2.75, 3.05) is 0 Å². The average Bonchev–Trinajstić information content (AvgIpc) is 2.68. The zero-order valence-corrected chi connectivity index (χ0v) is 14.1. The van der Waals surface area contributed by atoms with Crippen LogP contribution in [-0.2, 0) is 5.54 Å². The molecular weight excluding hydrogens is 340 g/mol. The fraction of sp³-hybridized carbons (Fsp3) is 0.0952. The molecule has 0 aliphatic carbocycles. The third-order valence-corrected chi connectivity index (χ3v) is 4.28. The number of nitrogens with zero attached hydrogens (tertiary/aromatic N) is 1. The predicted octanol–water partition coefficient (Wildman–Crippen LogP) is 5.88. The number of aliphatic imine (C=N–C) groups is 1. The Morgan fingerprint density at radius 1 is 0.680 bits per heavy atom. The average molecular weight is 356 g/mol. The minimum atomic E-state index is -2.84. The van der Waals surface area contributed by atoms with Crippen molar-refractivity contribution in [1.82, 2.24) is 0 Å². The van der Waals surface area contributed by atoms with E-state index in [2.05, 4.69) is 4.99 Å². The third kappa shape index (κ3) is 3.47. The van der Waals surface area contributed by atoms with E-state index < -0.39 is 17.1 Å². The molecular formula is C21H16ClF2N. The van der Waals surface area contributed by atoms with E-state index in [1.54, 1.807) is 0 Å². The van der Waals surface area contributed by atoms with Crippen LogP contribution in [0.2, 0.25) is 0 Å². The van der Waals surface area contributed by atoms with Gasteiger partial charge in [-0.1, -0.05) is 103 Å². The first-order chi connectivity index (χ1) is 12.1. The Morgan fingerprint density at radius 3 is 1.28 bits per heavy atom. The van der Waals surface area contributed by atoms with Crippen LogP contribution in [0.1, 0.15) is 16.7 Å². The zero-order chi connectivity index (χ0) is 17.7. The van der Waals surface area contributed by atoms with Crippen molar-refractivity contribution in [2.24, 2.45) is 4.99 Å². The molecule has 0 aromatic heterocycles. The maximum atomic E-state index is 13.2. The van der Waals surface area contributed by atoms with Gasteiger partial charge >= 0.3 is 0 Å². The van der Waals surface area contributed by atoms with Crippen molar-refractivity contribution >= 4 is 16.8 Å². The van der Waals surface area contributed by atoms with Crippen LogP contribution in [0.15, 0.2) is 96.0 Å². The summed E-state index contributed by atoms with van der Waals surface area (Å²) in [6.07, 6.45) is -2.84. The van der Waals surface area contributed by atoms with Gasteiger partial charge in [-0.25, -0.2) is 8.78 Å². The Labute approximate surface area is 150 Å². The van der Waals surface area contributed by atoms with E-state index in [1.807, 2.05) is 91.0 Å². The van der Waals surface area contributed by atoms with Gasteiger partial charge in [0.2, 0.25) is 0 Å². The first-order valence-corrected chi connectivity index (χ1v) is 8.22. The number of rotatable bonds is 5. The standard InChI is InChI=1S/C21H16ClF2N/c22-19(20(23)24)25-21(16-10-4-1-5-11-16,17-12-6-2-7-13-17)18-14-8-3-9-15-18/h1-15,20H/b25-19-. The van der Waals surface area contributed by atoms with Crippen molar-refractivity contribution < 1.29 is 8.78 Å². The molecule has 0 aliphatic rings. The topological polar surface area (TPSA) is 12.4 Å². The Bertz CT molecular complexity index is 737. The van der Waals surface area contributed by atoms with Crippen molar-refractivity contribution in [2.45, 2.75) is 12.0 Å². The highest BCUT2D eigenvalue weighted by molar-refractivity contribution is 6.66. The highest BCUT2D eigenvalue weighted by Gasteiger charge is 2.37. The summed E-state index contributed by atoms with van der Waals surface area (Å²) in [5, 5.41) is -0.712. The number of hydrogen-bond acceptors (Lipinski definition) is 1. The summed E-state index contributed by atoms with van der Waals surface area (Å²) in [7, 11) is 0. The molecule has 0 radical (unpaired) electrons. The van der Waals surface area contributed by atoms with Gasteiger partial charge < -0.3 is 0 Å². The lowest BCUT2D eigenvalue weighted by Gasteiger charge is -2.32. The van der Waals surface area contributed by atoms with Gasteiger partial charge in [-0.05, 0) is 16.7 Å². The molecule has 0 aliphatic heterocycles. The minimum Gasteiger partial charge on any atom is -0.251 e. The summed E-state index contributed by atoms with van der Waals surface area (Å²) in [5.41, 5.74) is 1.17. The second-order valence-corrected chi connectivity index (χ2v) is 5.93. The smallest absolute Gasteiger partial charge is 0.251 e. The van der Waals surface area contributed by atoms with Gasteiger partial charge in [0.1, 0.15) is 5.54 Å². The summed E-state index contributed by atoms with van der Waals surface area (Å²) < 4.78 is 26.5. The molecule has 0 heterocycles. The minimum absolute atomic E-state index is 0.712. The first-order valence-electron chi connectivity index (χ1n) is 7.84. The van der Waals surface area contributed by atoms with Crippen LogP contribution in [0.5, 0.6) is 0 Å². The molecule has 3 aromatic rings. The number of alkyl halides is 2. The monoisotopic (exact) mass is 355 g/mol. The maximum absolute atomic E-state index is 13.2. The molecule has 0 saturated carbocycles. The van der Waals surface area contributed by atoms with E-state index in [0.717, 1.165) is 16.7 Å². The van der Waals surface area contributed by atoms with Gasteiger partial charge in [-0.3, -0.25) is 4.99 Å². The normalized spacial score (nSPS) is 12.4. The Kier molecular flexibility index (Phi) is 5.25. The molecule has 25 heavy (non-hydrogen) atoms. The van der Waals surface area contributed by atoms with Crippen LogP contribution in [0.4, 0.5) is 8.78 Å². The van der Waals surface area contributed by atoms with E-state index >= 15 is 0 Å². The predicted molar refractivity (Wildman–Crippen MR) is 98.5 cm³/mol. The molecule has 0 N–H and O–H groups in total. The van der Waals surface area contributed by atoms with Gasteiger partial charge in [0.05, 0.1) is 0 Å². The second-order valence-electron chi connectivity index (χ2n) is 5.54. The fourth-order valence-electron chi connectivity index (χ4n) is 2.94. The summed E-state index contributed by atoms with van der Waals surface area (Å²) >= 11 is 5.85. The van der Waals surface area contributed by atoms with Crippen LogP contribution in [0, 0.1) is 0 Å². The van der Waals surface area contributed by atoms with E-state index in [1.165, 1.54) is 0 Å². The van der Waals surface area contributed by atoms with Gasteiger partial charge in [0.25, 0.3) is 6.43 Å². The molecule has 0 atom stereocenters. The molecule has 0 unspecified atom stereocenters. The maximum Gasteiger partial charge on any atom is 0.290 e. The summed E-state index contributed by atoms with van der Waals surface area (Å²) in [4.78, 5) is 4.35. The van der Waals surface area contributed by atoms with Gasteiger partial charge in [0.15, 0.2) is 5.17 Å². The first kappa shape index (κ1) is 17.3. The van der Waals surface area contributed by atoms with E-state index in [9.17, 15) is 8.78 Å². The summed E-state index contributed by atoms with van der Waals surface area (Å²) in [5.74, 6) is 0. The number of hydrogen-bond donors (Lipinski definition) is 0. The molecule has 0 bridgehead atoms. The van der Waals surface area contributed by atoms with Gasteiger partial charge in [-0.15, -0.1) is 0 Å². The molecule has 0 fully saturated rings. The van der Waals surface area contributed by atoms with Crippen LogP contribution in [0.25, 0.3) is 0 Å². The van der Waals surface area contributed by atoms with Gasteiger partial charge in [0, 0.05) is 0 Å². The molecule has 0 saturated heterocycles. The largest absolute Gasteiger partial charge is 0.290 e. The Morgan fingerprint density at radius 2 is 1.00 bits per heavy atom. The van der Waals surface area contributed by atoms with Crippen LogP contribution in [0.3, 0.4) is 0 Å². The zero-order valence-electron chi connectivity index (χ0n) is 13.3. The molecule has 1 nitrogen and oxygen atoms in total. The molecule has 0 spiro atoms. The Balaban J connectivity index is 2.38. The van der Waals surface area contributed by atoms with Crippen molar-refractivity contribution in [3.63, 3.8) is 0 Å². The van der Waals surface area contributed by atoms with Gasteiger partial charge in [-0.2, -0.15) is 0 Å². The van der Waals surface area contributed by atoms with E-state index in [4.69, 9.17) is 11.6 Å². The summed E-state index contributed by atoms with van der Waals surface area (Å²) in [6, 6.07) is 28.1. The third-order valence-electron chi connectivity index (χ3n) is 4.03. The van der Waals surface area contributed by atoms with E-state index in [-0.39, 0.29) is 0 Å². The number of benzene rings is 3. The van der Waals surface area contributed by atoms with Crippen LogP contribution < -0.4 is 0 Å². The molecule has 3 rings (SSSR count). The quantitative estimate of drug-likeness (QED) is 0.400. The highest BCUT2D eigenvalue weighted by Crippen LogP contribution is 2.41. The Hall–Kier alpha value is -2.52. The second kappa shape index (κ2) is 7.58. The molecule has 4 heteroatoms. The molecule has 126 valence electrons. The van der Waals surface area contributed by atoms with E-state index in [0.29, 0.717) is 0 Å². The lowest BCUT2D eigenvalue weighted by molar-refractivity contribution is 0.228. The van der Waals surface area contributed by atoms with Crippen molar-refractivity contribution in [3.8, 4) is 0 Å². The lowest BCUT2D eigenvalue weighted by Crippen LogP contribution is -2.29. The molecule has 0 amide bonds. The lowest BCUT2D eigenvalue weighted by atomic mass is 9.77. The van der Waals surface area contributed by atoms with Crippen LogP contribution >= 0.6 is 11.6 Å². The van der Waals surface area contributed by atoms with Crippen LogP contribution in [-0.4, -0.2) is 11.6 Å². The highest BCUT2D eigenvalue weighted by atomic mass is 35.5. The number of halogens is 3. The molecule has 3 aromatic carbocycles. The fourth-order valence-corrected chi connectivity index (χ4v) is 3.07. The van der Waals surface area contributed by atoms with Crippen molar-refractivity contribution in [3.05, 3.63) is 108 Å².